The average Bonchev–Trinajstić information content (AvgIpc) is 2.60. The molecule has 0 aromatic carbocycles. The Bertz CT molecular complexity index is 288. The molecule has 2 atom stereocenters. The third kappa shape index (κ3) is 1.66. The third-order valence-electron chi connectivity index (χ3n) is 2.28. The number of rotatable bonds is 2. The fraction of sp³-hybridized carbons (Fsp3) is 0.714. The molecule has 0 bridgehead atoms. The van der Waals surface area contributed by atoms with Gasteiger partial charge in [0.1, 0.15) is 5.54 Å². The quantitative estimate of drug-likeness (QED) is 0.700. The number of hydrogen-bond acceptors (Lipinski definition) is 2. The Morgan fingerprint density at radius 2 is 1.93 bits per heavy atom. The molecule has 0 aromatic rings. The number of halogens is 3. The molecule has 0 saturated heterocycles. The Kier molecular flexibility index (Phi) is 2.21. The van der Waals surface area contributed by atoms with Crippen LogP contribution in [-0.4, -0.2) is 28.7 Å². The molecule has 0 unspecified atom stereocenters. The summed E-state index contributed by atoms with van der Waals surface area (Å²) < 4.78 is 35.4. The monoisotopic (exact) mass is 211 g/mol. The molecule has 80 valence electrons. The first-order chi connectivity index (χ1) is 6.20. The number of aliphatic carboxylic acids is 1. The lowest BCUT2D eigenvalue weighted by Crippen LogP contribution is -2.49. The minimum absolute atomic E-state index is 0.0319. The maximum Gasteiger partial charge on any atom is 0.471 e. The van der Waals surface area contributed by atoms with Crippen molar-refractivity contribution in [3.8, 4) is 0 Å². The topological polar surface area (TPSA) is 66.4 Å². The van der Waals surface area contributed by atoms with E-state index in [1.165, 1.54) is 12.2 Å². The highest BCUT2D eigenvalue weighted by molar-refractivity contribution is 5.92. The maximum absolute atomic E-state index is 11.8. The molecule has 0 aromatic heterocycles. The van der Waals surface area contributed by atoms with Gasteiger partial charge >= 0.3 is 18.1 Å². The van der Waals surface area contributed by atoms with Crippen LogP contribution >= 0.6 is 0 Å². The van der Waals surface area contributed by atoms with E-state index in [0.717, 1.165) is 0 Å². The summed E-state index contributed by atoms with van der Waals surface area (Å²) in [6.45, 7) is 1.46. The van der Waals surface area contributed by atoms with Crippen molar-refractivity contribution in [3.05, 3.63) is 0 Å². The number of carbonyl (C=O) groups is 2. The van der Waals surface area contributed by atoms with Gasteiger partial charge in [-0.3, -0.25) is 4.79 Å². The molecular formula is C7H8F3NO3. The van der Waals surface area contributed by atoms with Gasteiger partial charge in [0.15, 0.2) is 0 Å². The summed E-state index contributed by atoms with van der Waals surface area (Å²) in [4.78, 5) is 21.0. The molecule has 7 heteroatoms. The molecule has 4 nitrogen and oxygen atoms in total. The minimum Gasteiger partial charge on any atom is -0.479 e. The molecule has 0 radical (unpaired) electrons. The van der Waals surface area contributed by atoms with Crippen LogP contribution in [0.25, 0.3) is 0 Å². The van der Waals surface area contributed by atoms with Crippen LogP contribution < -0.4 is 5.32 Å². The zero-order valence-corrected chi connectivity index (χ0v) is 7.18. The van der Waals surface area contributed by atoms with Gasteiger partial charge in [0.2, 0.25) is 0 Å². The van der Waals surface area contributed by atoms with Crippen molar-refractivity contribution >= 4 is 11.9 Å². The minimum atomic E-state index is -5.04. The van der Waals surface area contributed by atoms with Crippen LogP contribution in [-0.2, 0) is 9.59 Å². The Balaban J connectivity index is 2.70. The first kappa shape index (κ1) is 10.8. The summed E-state index contributed by atoms with van der Waals surface area (Å²) in [5.41, 5.74) is -1.72. The number of hydrogen-bond donors (Lipinski definition) is 2. The third-order valence-corrected chi connectivity index (χ3v) is 2.28. The second-order valence-electron chi connectivity index (χ2n) is 3.33. The van der Waals surface area contributed by atoms with E-state index in [4.69, 9.17) is 5.11 Å². The predicted molar refractivity (Wildman–Crippen MR) is 38.3 cm³/mol. The van der Waals surface area contributed by atoms with Gasteiger partial charge in [-0.05, 0) is 12.3 Å². The van der Waals surface area contributed by atoms with E-state index in [9.17, 15) is 22.8 Å². The van der Waals surface area contributed by atoms with Crippen molar-refractivity contribution in [2.45, 2.75) is 25.1 Å². The van der Waals surface area contributed by atoms with E-state index in [1.807, 2.05) is 0 Å². The van der Waals surface area contributed by atoms with Gasteiger partial charge in [-0.25, -0.2) is 4.79 Å². The van der Waals surface area contributed by atoms with Gasteiger partial charge in [-0.1, -0.05) is 6.92 Å². The summed E-state index contributed by atoms with van der Waals surface area (Å²) in [6, 6.07) is 0. The van der Waals surface area contributed by atoms with Gasteiger partial charge in [-0.15, -0.1) is 0 Å². The lowest BCUT2D eigenvalue weighted by molar-refractivity contribution is -0.176. The van der Waals surface area contributed by atoms with Gasteiger partial charge in [0, 0.05) is 0 Å². The lowest BCUT2D eigenvalue weighted by atomic mass is 10.2. The van der Waals surface area contributed by atoms with E-state index < -0.39 is 29.5 Å². The molecule has 1 aliphatic rings. The van der Waals surface area contributed by atoms with E-state index >= 15 is 0 Å². The van der Waals surface area contributed by atoms with Gasteiger partial charge in [0.05, 0.1) is 0 Å². The maximum atomic E-state index is 11.8. The summed E-state index contributed by atoms with van der Waals surface area (Å²) >= 11 is 0. The molecule has 0 spiro atoms. The fourth-order valence-electron chi connectivity index (χ4n) is 1.22. The molecule has 2 N–H and O–H groups in total. The van der Waals surface area contributed by atoms with E-state index in [0.29, 0.717) is 0 Å². The number of alkyl halides is 3. The van der Waals surface area contributed by atoms with E-state index in [1.54, 1.807) is 0 Å². The Morgan fingerprint density at radius 3 is 2.14 bits per heavy atom. The predicted octanol–water partition coefficient (Wildman–Crippen LogP) is 0.528. The van der Waals surface area contributed by atoms with Gasteiger partial charge in [-0.2, -0.15) is 13.2 Å². The van der Waals surface area contributed by atoms with E-state index in [2.05, 4.69) is 0 Å². The highest BCUT2D eigenvalue weighted by atomic mass is 19.4. The van der Waals surface area contributed by atoms with Crippen molar-refractivity contribution < 1.29 is 27.9 Å². The molecule has 14 heavy (non-hydrogen) atoms. The fourth-order valence-corrected chi connectivity index (χ4v) is 1.22. The van der Waals surface area contributed by atoms with Crippen LogP contribution in [0.3, 0.4) is 0 Å². The second-order valence-corrected chi connectivity index (χ2v) is 3.33. The SMILES string of the molecule is C[C@@H]1C[C@]1(NC(=O)C(F)(F)F)C(=O)O. The first-order valence-electron chi connectivity index (χ1n) is 3.83. The normalized spacial score (nSPS) is 31.0. The zero-order valence-electron chi connectivity index (χ0n) is 7.18. The van der Waals surface area contributed by atoms with Crippen molar-refractivity contribution in [1.29, 1.82) is 0 Å². The Labute approximate surface area is 77.1 Å². The summed E-state index contributed by atoms with van der Waals surface area (Å²) in [7, 11) is 0. The molecule has 1 rings (SSSR count). The highest BCUT2D eigenvalue weighted by Gasteiger charge is 2.61. The standard InChI is InChI=1S/C7H8F3NO3/c1-3-2-6(3,5(13)14)11-4(12)7(8,9)10/h3H,2H2,1H3,(H,11,12)(H,13,14)/t3-,6-/m1/s1. The second kappa shape index (κ2) is 2.86. The molecule has 0 heterocycles. The van der Waals surface area contributed by atoms with Crippen LogP contribution in [0.5, 0.6) is 0 Å². The van der Waals surface area contributed by atoms with Gasteiger partial charge in [0.25, 0.3) is 0 Å². The highest BCUT2D eigenvalue weighted by Crippen LogP contribution is 2.43. The molecular weight excluding hydrogens is 203 g/mol. The Morgan fingerprint density at radius 1 is 1.50 bits per heavy atom. The van der Waals surface area contributed by atoms with Crippen LogP contribution in [0.1, 0.15) is 13.3 Å². The number of nitrogens with one attached hydrogen (secondary N) is 1. The van der Waals surface area contributed by atoms with Gasteiger partial charge < -0.3 is 10.4 Å². The average molecular weight is 211 g/mol. The zero-order chi connectivity index (χ0) is 11.1. The summed E-state index contributed by atoms with van der Waals surface area (Å²) in [5, 5.41) is 10.1. The molecule has 1 fully saturated rings. The first-order valence-corrected chi connectivity index (χ1v) is 3.83. The molecule has 0 aliphatic heterocycles. The van der Waals surface area contributed by atoms with Crippen molar-refractivity contribution in [2.24, 2.45) is 5.92 Å². The molecule has 1 amide bonds. The van der Waals surface area contributed by atoms with Crippen LogP contribution in [0.15, 0.2) is 0 Å². The molecule has 1 saturated carbocycles. The van der Waals surface area contributed by atoms with Crippen LogP contribution in [0, 0.1) is 5.92 Å². The van der Waals surface area contributed by atoms with Crippen molar-refractivity contribution in [1.82, 2.24) is 5.32 Å². The van der Waals surface area contributed by atoms with Crippen LogP contribution in [0.4, 0.5) is 13.2 Å². The number of amides is 1. The number of carboxylic acids is 1. The molecule has 1 aliphatic carbocycles. The smallest absolute Gasteiger partial charge is 0.471 e. The Hall–Kier alpha value is -1.27. The number of carbonyl (C=O) groups excluding carboxylic acids is 1. The van der Waals surface area contributed by atoms with Crippen LogP contribution in [0.2, 0.25) is 0 Å². The summed E-state index contributed by atoms with van der Waals surface area (Å²) in [6.07, 6.45) is -5.01. The van der Waals surface area contributed by atoms with Crippen molar-refractivity contribution in [2.75, 3.05) is 0 Å². The number of carboxylic acid groups (broad SMARTS) is 1. The van der Waals surface area contributed by atoms with E-state index in [-0.39, 0.29) is 6.42 Å². The van der Waals surface area contributed by atoms with Crippen molar-refractivity contribution in [3.63, 3.8) is 0 Å². The lowest BCUT2D eigenvalue weighted by Gasteiger charge is -2.14. The summed E-state index contributed by atoms with van der Waals surface area (Å²) in [5.74, 6) is -4.10. The largest absolute Gasteiger partial charge is 0.479 e.